The van der Waals surface area contributed by atoms with Crippen molar-refractivity contribution >= 4 is 11.6 Å². The maximum atomic E-state index is 5.97. The van der Waals surface area contributed by atoms with Crippen LogP contribution >= 0.6 is 11.6 Å². The van der Waals surface area contributed by atoms with Gasteiger partial charge in [-0.05, 0) is 12.5 Å². The minimum atomic E-state index is 0.363. The van der Waals surface area contributed by atoms with Crippen LogP contribution in [0.15, 0.2) is 30.9 Å². The first-order valence-electron chi connectivity index (χ1n) is 5.36. The lowest BCUT2D eigenvalue weighted by molar-refractivity contribution is 0.316. The monoisotopic (exact) mass is 249 g/mol. The molecule has 4 nitrogen and oxygen atoms in total. The maximum absolute atomic E-state index is 5.97. The van der Waals surface area contributed by atoms with Crippen molar-refractivity contribution in [3.63, 3.8) is 0 Å². The number of rotatable bonds is 4. The summed E-state index contributed by atoms with van der Waals surface area (Å²) in [5.74, 6) is 0.714. The van der Waals surface area contributed by atoms with E-state index in [0.717, 1.165) is 12.0 Å². The second kappa shape index (κ2) is 5.59. The zero-order valence-electron chi connectivity index (χ0n) is 9.43. The Morgan fingerprint density at radius 2 is 2.06 bits per heavy atom. The van der Waals surface area contributed by atoms with Crippen molar-refractivity contribution in [1.29, 1.82) is 0 Å². The average Bonchev–Trinajstić information content (AvgIpc) is 2.37. The Balaban J connectivity index is 2.30. The zero-order chi connectivity index (χ0) is 12.1. The summed E-state index contributed by atoms with van der Waals surface area (Å²) in [6, 6.07) is 1.86. The molecule has 0 saturated heterocycles. The highest BCUT2D eigenvalue weighted by Gasteiger charge is 2.07. The third kappa shape index (κ3) is 2.91. The molecule has 0 amide bonds. The Bertz CT molecular complexity index is 505. The van der Waals surface area contributed by atoms with Crippen molar-refractivity contribution in [1.82, 2.24) is 15.0 Å². The lowest BCUT2D eigenvalue weighted by Crippen LogP contribution is -1.96. The standard InChI is InChI=1S/C12H12ClN3O/c1-2-5-17-10-6-9(7-14-8-10)11-12(13)16-4-3-15-11/h3-4,6-8H,2,5H2,1H3. The van der Waals surface area contributed by atoms with E-state index in [1.54, 1.807) is 24.8 Å². The fourth-order valence-electron chi connectivity index (χ4n) is 1.36. The van der Waals surface area contributed by atoms with Crippen LogP contribution in [0.5, 0.6) is 5.75 Å². The summed E-state index contributed by atoms with van der Waals surface area (Å²) in [6.45, 7) is 2.72. The van der Waals surface area contributed by atoms with Gasteiger partial charge in [-0.25, -0.2) is 4.98 Å². The highest BCUT2D eigenvalue weighted by molar-refractivity contribution is 6.31. The molecule has 0 fully saturated rings. The van der Waals surface area contributed by atoms with Crippen LogP contribution in [0.2, 0.25) is 5.15 Å². The van der Waals surface area contributed by atoms with Gasteiger partial charge in [-0.1, -0.05) is 18.5 Å². The van der Waals surface area contributed by atoms with E-state index in [1.165, 1.54) is 0 Å². The summed E-state index contributed by atoms with van der Waals surface area (Å²) in [5, 5.41) is 0.363. The predicted octanol–water partition coefficient (Wildman–Crippen LogP) is 2.98. The lowest BCUT2D eigenvalue weighted by atomic mass is 10.2. The van der Waals surface area contributed by atoms with E-state index >= 15 is 0 Å². The van der Waals surface area contributed by atoms with Crippen molar-refractivity contribution in [2.75, 3.05) is 6.61 Å². The van der Waals surface area contributed by atoms with Crippen LogP contribution < -0.4 is 4.74 Å². The second-order valence-corrected chi connectivity index (χ2v) is 3.81. The molecule has 0 radical (unpaired) electrons. The van der Waals surface area contributed by atoms with Crippen LogP contribution in [0.3, 0.4) is 0 Å². The zero-order valence-corrected chi connectivity index (χ0v) is 10.2. The number of aromatic nitrogens is 3. The van der Waals surface area contributed by atoms with Crippen molar-refractivity contribution in [3.05, 3.63) is 36.0 Å². The molecule has 0 atom stereocenters. The first kappa shape index (κ1) is 11.8. The lowest BCUT2D eigenvalue weighted by Gasteiger charge is -2.06. The molecule has 0 saturated carbocycles. The van der Waals surface area contributed by atoms with Gasteiger partial charge >= 0.3 is 0 Å². The Kier molecular flexibility index (Phi) is 3.88. The third-order valence-corrected chi connectivity index (χ3v) is 2.39. The molecule has 0 aliphatic carbocycles. The number of halogens is 1. The van der Waals surface area contributed by atoms with Gasteiger partial charge in [-0.2, -0.15) is 0 Å². The van der Waals surface area contributed by atoms with E-state index in [9.17, 15) is 0 Å². The molecule has 17 heavy (non-hydrogen) atoms. The van der Waals surface area contributed by atoms with Gasteiger partial charge in [0.05, 0.1) is 12.8 Å². The van der Waals surface area contributed by atoms with E-state index in [1.807, 2.05) is 6.07 Å². The van der Waals surface area contributed by atoms with Crippen LogP contribution in [-0.2, 0) is 0 Å². The molecular formula is C12H12ClN3O. The minimum Gasteiger partial charge on any atom is -0.492 e. The molecular weight excluding hydrogens is 238 g/mol. The molecule has 0 aromatic carbocycles. The summed E-state index contributed by atoms with van der Waals surface area (Å²) in [4.78, 5) is 12.3. The topological polar surface area (TPSA) is 47.9 Å². The molecule has 2 heterocycles. The fraction of sp³-hybridized carbons (Fsp3) is 0.250. The smallest absolute Gasteiger partial charge is 0.155 e. The highest BCUT2D eigenvalue weighted by Crippen LogP contribution is 2.25. The number of pyridine rings is 1. The first-order valence-corrected chi connectivity index (χ1v) is 5.73. The SMILES string of the molecule is CCCOc1cncc(-c2nccnc2Cl)c1. The minimum absolute atomic E-state index is 0.363. The van der Waals surface area contributed by atoms with Crippen molar-refractivity contribution in [3.8, 4) is 17.0 Å². The van der Waals surface area contributed by atoms with Crippen LogP contribution in [0, 0.1) is 0 Å². The van der Waals surface area contributed by atoms with Gasteiger partial charge in [-0.15, -0.1) is 0 Å². The van der Waals surface area contributed by atoms with Gasteiger partial charge in [0.1, 0.15) is 11.4 Å². The van der Waals surface area contributed by atoms with Gasteiger partial charge in [0, 0.05) is 24.2 Å². The molecule has 0 aliphatic heterocycles. The summed E-state index contributed by atoms with van der Waals surface area (Å²) >= 11 is 5.97. The normalized spacial score (nSPS) is 10.2. The Hall–Kier alpha value is -1.68. The molecule has 0 N–H and O–H groups in total. The molecule has 0 unspecified atom stereocenters. The van der Waals surface area contributed by atoms with E-state index in [4.69, 9.17) is 16.3 Å². The summed E-state index contributed by atoms with van der Waals surface area (Å²) in [7, 11) is 0. The van der Waals surface area contributed by atoms with Crippen LogP contribution in [0.1, 0.15) is 13.3 Å². The maximum Gasteiger partial charge on any atom is 0.155 e. The summed E-state index contributed by atoms with van der Waals surface area (Å²) in [6.07, 6.45) is 7.46. The molecule has 2 aromatic rings. The van der Waals surface area contributed by atoms with Gasteiger partial charge in [-0.3, -0.25) is 9.97 Å². The molecule has 88 valence electrons. The van der Waals surface area contributed by atoms with Gasteiger partial charge in [0.15, 0.2) is 5.15 Å². The molecule has 0 bridgehead atoms. The number of hydrogen-bond donors (Lipinski definition) is 0. The summed E-state index contributed by atoms with van der Waals surface area (Å²) < 4.78 is 5.50. The highest BCUT2D eigenvalue weighted by atomic mass is 35.5. The Morgan fingerprint density at radius 3 is 2.82 bits per heavy atom. The number of hydrogen-bond acceptors (Lipinski definition) is 4. The van der Waals surface area contributed by atoms with Crippen molar-refractivity contribution in [2.24, 2.45) is 0 Å². The quantitative estimate of drug-likeness (QED) is 0.836. The molecule has 2 rings (SSSR count). The molecule has 0 spiro atoms. The molecule has 5 heteroatoms. The fourth-order valence-corrected chi connectivity index (χ4v) is 1.58. The van der Waals surface area contributed by atoms with Crippen molar-refractivity contribution < 1.29 is 4.74 Å². The Labute approximate surface area is 105 Å². The predicted molar refractivity (Wildman–Crippen MR) is 66.1 cm³/mol. The third-order valence-electron chi connectivity index (χ3n) is 2.11. The Morgan fingerprint density at radius 1 is 1.24 bits per heavy atom. The van der Waals surface area contributed by atoms with Gasteiger partial charge < -0.3 is 4.74 Å². The number of ether oxygens (including phenoxy) is 1. The molecule has 2 aromatic heterocycles. The van der Waals surface area contributed by atoms with E-state index in [0.29, 0.717) is 23.2 Å². The second-order valence-electron chi connectivity index (χ2n) is 3.45. The van der Waals surface area contributed by atoms with E-state index in [-0.39, 0.29) is 0 Å². The van der Waals surface area contributed by atoms with Crippen molar-refractivity contribution in [2.45, 2.75) is 13.3 Å². The molecule has 0 aliphatic rings. The first-order chi connectivity index (χ1) is 8.31. The van der Waals surface area contributed by atoms with Gasteiger partial charge in [0.2, 0.25) is 0 Å². The largest absolute Gasteiger partial charge is 0.492 e. The summed E-state index contributed by atoms with van der Waals surface area (Å²) in [5.41, 5.74) is 1.42. The average molecular weight is 250 g/mol. The van der Waals surface area contributed by atoms with Crippen LogP contribution in [0.25, 0.3) is 11.3 Å². The van der Waals surface area contributed by atoms with Gasteiger partial charge in [0.25, 0.3) is 0 Å². The van der Waals surface area contributed by atoms with Crippen LogP contribution in [-0.4, -0.2) is 21.6 Å². The van der Waals surface area contributed by atoms with E-state index in [2.05, 4.69) is 21.9 Å². The number of nitrogens with zero attached hydrogens (tertiary/aromatic N) is 3. The van der Waals surface area contributed by atoms with Crippen LogP contribution in [0.4, 0.5) is 0 Å². The van der Waals surface area contributed by atoms with E-state index < -0.39 is 0 Å².